The van der Waals surface area contributed by atoms with Crippen molar-refractivity contribution in [2.75, 3.05) is 0 Å². The number of rotatable bonds is 1. The van der Waals surface area contributed by atoms with E-state index >= 15 is 0 Å². The van der Waals surface area contributed by atoms with Gasteiger partial charge in [0.05, 0.1) is 18.7 Å². The molecule has 0 unspecified atom stereocenters. The fraction of sp³-hybridized carbons (Fsp3) is 0.286. The molecule has 3 heteroatoms. The second-order valence-electron chi connectivity index (χ2n) is 2.11. The summed E-state index contributed by atoms with van der Waals surface area (Å²) in [6.45, 7) is 3.51. The zero-order valence-electron chi connectivity index (χ0n) is 5.92. The van der Waals surface area contributed by atoms with Crippen molar-refractivity contribution in [3.05, 3.63) is 22.5 Å². The highest BCUT2D eigenvalue weighted by atomic mass is 32.1. The average molecular weight is 157 g/mol. The van der Waals surface area contributed by atoms with Crippen LogP contribution < -0.4 is 0 Å². The van der Waals surface area contributed by atoms with Gasteiger partial charge >= 0.3 is 17.4 Å². The molecule has 0 amide bonds. The molecule has 0 aliphatic carbocycles. The van der Waals surface area contributed by atoms with E-state index in [1.54, 1.807) is 13.0 Å². The van der Waals surface area contributed by atoms with Gasteiger partial charge in [-0.2, -0.15) is 0 Å². The summed E-state index contributed by atoms with van der Waals surface area (Å²) in [4.78, 5) is 0.942. The van der Waals surface area contributed by atoms with Gasteiger partial charge in [-0.1, -0.05) is 0 Å². The lowest BCUT2D eigenvalue weighted by atomic mass is 10.4. The van der Waals surface area contributed by atoms with Crippen molar-refractivity contribution < 1.29 is 8.96 Å². The van der Waals surface area contributed by atoms with E-state index in [0.29, 0.717) is 5.76 Å². The SMILES string of the molecule is C/C(O)=C/c1cc(C)[o+]s1. The minimum absolute atomic E-state index is 0.303. The Morgan fingerprint density at radius 2 is 2.50 bits per heavy atom. The van der Waals surface area contributed by atoms with Crippen molar-refractivity contribution >= 4 is 17.7 Å². The molecule has 0 saturated carbocycles. The molecule has 0 aromatic carbocycles. The Morgan fingerprint density at radius 1 is 1.80 bits per heavy atom. The normalized spacial score (nSPS) is 12.0. The molecule has 0 saturated heterocycles. The minimum atomic E-state index is 0.303. The minimum Gasteiger partial charge on any atom is -0.513 e. The monoisotopic (exact) mass is 157 g/mol. The van der Waals surface area contributed by atoms with Crippen molar-refractivity contribution in [1.82, 2.24) is 0 Å². The largest absolute Gasteiger partial charge is 0.513 e. The van der Waals surface area contributed by atoms with Gasteiger partial charge in [-0.15, -0.1) is 3.85 Å². The van der Waals surface area contributed by atoms with E-state index in [-0.39, 0.29) is 0 Å². The van der Waals surface area contributed by atoms with Gasteiger partial charge in [0.15, 0.2) is 0 Å². The van der Waals surface area contributed by atoms with Crippen molar-refractivity contribution in [2.24, 2.45) is 0 Å². The molecule has 0 fully saturated rings. The molecule has 0 bridgehead atoms. The first-order valence-corrected chi connectivity index (χ1v) is 3.69. The third-order valence-corrected chi connectivity index (χ3v) is 1.74. The van der Waals surface area contributed by atoms with Crippen molar-refractivity contribution in [3.8, 4) is 0 Å². The molecule has 0 atom stereocenters. The summed E-state index contributed by atoms with van der Waals surface area (Å²) in [5.41, 5.74) is 0. The molecule has 0 spiro atoms. The van der Waals surface area contributed by atoms with E-state index in [0.717, 1.165) is 10.6 Å². The quantitative estimate of drug-likeness (QED) is 0.502. The topological polar surface area (TPSA) is 31.5 Å². The molecule has 54 valence electrons. The highest BCUT2D eigenvalue weighted by Gasteiger charge is 2.07. The number of aryl methyl sites for hydroxylation is 1. The van der Waals surface area contributed by atoms with Crippen molar-refractivity contribution in [2.45, 2.75) is 13.8 Å². The third-order valence-electron chi connectivity index (χ3n) is 0.966. The molecule has 0 aliphatic rings. The van der Waals surface area contributed by atoms with Crippen LogP contribution in [0.15, 0.2) is 15.7 Å². The van der Waals surface area contributed by atoms with Crippen LogP contribution in [0, 0.1) is 6.92 Å². The van der Waals surface area contributed by atoms with E-state index in [4.69, 9.17) is 8.96 Å². The second kappa shape index (κ2) is 2.84. The van der Waals surface area contributed by atoms with Crippen LogP contribution in [0.25, 0.3) is 6.08 Å². The van der Waals surface area contributed by atoms with Gasteiger partial charge in [-0.25, -0.2) is 0 Å². The van der Waals surface area contributed by atoms with Crippen LogP contribution in [0.3, 0.4) is 0 Å². The molecule has 1 heterocycles. The van der Waals surface area contributed by atoms with Crippen LogP contribution in [-0.4, -0.2) is 5.11 Å². The Kier molecular flexibility index (Phi) is 2.06. The molecule has 0 aliphatic heterocycles. The maximum absolute atomic E-state index is 8.84. The highest BCUT2D eigenvalue weighted by Crippen LogP contribution is 2.15. The standard InChI is InChI=1S/C7H8O2S/c1-5(8)3-7-4-6(2)9-10-7/h3-4H,1-2H3/p+1/b5-3-. The first-order chi connectivity index (χ1) is 4.68. The molecule has 1 aromatic heterocycles. The first-order valence-electron chi connectivity index (χ1n) is 2.95. The summed E-state index contributed by atoms with van der Waals surface area (Å²) in [7, 11) is 0. The lowest BCUT2D eigenvalue weighted by molar-refractivity contribution is 0.420. The van der Waals surface area contributed by atoms with Gasteiger partial charge < -0.3 is 5.11 Å². The van der Waals surface area contributed by atoms with Crippen LogP contribution in [-0.2, 0) is 0 Å². The van der Waals surface area contributed by atoms with Crippen molar-refractivity contribution in [3.63, 3.8) is 0 Å². The summed E-state index contributed by atoms with van der Waals surface area (Å²) in [5, 5.41) is 8.84. The number of hydrogen-bond acceptors (Lipinski definition) is 2. The maximum Gasteiger partial charge on any atom is 0.351 e. The summed E-state index contributed by atoms with van der Waals surface area (Å²) in [6, 6.07) is 1.88. The highest BCUT2D eigenvalue weighted by molar-refractivity contribution is 7.04. The molecule has 1 rings (SSSR count). The number of aliphatic hydroxyl groups is 1. The van der Waals surface area contributed by atoms with Crippen LogP contribution in [0.2, 0.25) is 0 Å². The predicted octanol–water partition coefficient (Wildman–Crippen LogP) is 2.85. The summed E-state index contributed by atoms with van der Waals surface area (Å²) < 4.78 is 5.05. The molecule has 2 nitrogen and oxygen atoms in total. The molecule has 1 N–H and O–H groups in total. The lowest BCUT2D eigenvalue weighted by Crippen LogP contribution is -1.67. The lowest BCUT2D eigenvalue weighted by Gasteiger charge is -1.79. The maximum atomic E-state index is 8.84. The van der Waals surface area contributed by atoms with Crippen LogP contribution >= 0.6 is 11.6 Å². The zero-order valence-corrected chi connectivity index (χ0v) is 6.73. The van der Waals surface area contributed by atoms with E-state index in [1.165, 1.54) is 11.6 Å². The summed E-state index contributed by atoms with van der Waals surface area (Å²) >= 11 is 1.27. The van der Waals surface area contributed by atoms with Crippen LogP contribution in [0.5, 0.6) is 0 Å². The Hall–Kier alpha value is -0.830. The summed E-state index contributed by atoms with van der Waals surface area (Å²) in [6.07, 6.45) is 1.67. The number of aliphatic hydroxyl groups excluding tert-OH is 1. The van der Waals surface area contributed by atoms with E-state index < -0.39 is 0 Å². The predicted molar refractivity (Wildman–Crippen MR) is 42.0 cm³/mol. The average Bonchev–Trinajstić information content (AvgIpc) is 2.13. The zero-order chi connectivity index (χ0) is 7.56. The van der Waals surface area contributed by atoms with Crippen LogP contribution in [0.4, 0.5) is 0 Å². The molecule has 10 heavy (non-hydrogen) atoms. The third kappa shape index (κ3) is 1.84. The molecular formula is C7H9O2S+. The number of hydrogen-bond donors (Lipinski definition) is 1. The Balaban J connectivity index is 2.86. The fourth-order valence-electron chi connectivity index (χ4n) is 0.634. The van der Waals surface area contributed by atoms with Gasteiger partial charge in [0.1, 0.15) is 4.88 Å². The fourth-order valence-corrected chi connectivity index (χ4v) is 1.34. The Bertz CT molecular complexity index is 246. The van der Waals surface area contributed by atoms with E-state index in [1.807, 2.05) is 13.0 Å². The molecule has 0 radical (unpaired) electrons. The van der Waals surface area contributed by atoms with Gasteiger partial charge in [-0.3, -0.25) is 0 Å². The molecular weight excluding hydrogens is 148 g/mol. The van der Waals surface area contributed by atoms with Gasteiger partial charge in [0.25, 0.3) is 0 Å². The molecule has 1 aromatic rings. The van der Waals surface area contributed by atoms with Gasteiger partial charge in [0.2, 0.25) is 0 Å². The van der Waals surface area contributed by atoms with Crippen molar-refractivity contribution in [1.29, 1.82) is 0 Å². The first kappa shape index (κ1) is 7.28. The Morgan fingerprint density at radius 3 is 2.90 bits per heavy atom. The summed E-state index contributed by atoms with van der Waals surface area (Å²) in [5.74, 6) is 1.18. The Labute approximate surface area is 63.7 Å². The number of allylic oxidation sites excluding steroid dienone is 1. The second-order valence-corrected chi connectivity index (χ2v) is 2.91. The van der Waals surface area contributed by atoms with Gasteiger partial charge in [0, 0.05) is 6.08 Å². The van der Waals surface area contributed by atoms with E-state index in [2.05, 4.69) is 0 Å². The van der Waals surface area contributed by atoms with Gasteiger partial charge in [-0.05, 0) is 6.92 Å². The van der Waals surface area contributed by atoms with Crippen LogP contribution in [0.1, 0.15) is 17.6 Å². The smallest absolute Gasteiger partial charge is 0.351 e. The van der Waals surface area contributed by atoms with E-state index in [9.17, 15) is 0 Å².